The van der Waals surface area contributed by atoms with Gasteiger partial charge in [0.05, 0.1) is 16.6 Å². The average molecular weight is 426 g/mol. The lowest BCUT2D eigenvalue weighted by Crippen LogP contribution is -2.21. The predicted molar refractivity (Wildman–Crippen MR) is 135 cm³/mol. The second-order valence-electron chi connectivity index (χ2n) is 9.32. The van der Waals surface area contributed by atoms with Crippen molar-refractivity contribution >= 4 is 21.9 Å². The first-order valence-electron chi connectivity index (χ1n) is 11.4. The van der Waals surface area contributed by atoms with Gasteiger partial charge in [-0.3, -0.25) is 9.13 Å². The van der Waals surface area contributed by atoms with Gasteiger partial charge in [-0.2, -0.15) is 0 Å². The van der Waals surface area contributed by atoms with E-state index in [1.54, 1.807) is 0 Å². The molecule has 2 aromatic heterocycles. The van der Waals surface area contributed by atoms with E-state index in [1.165, 1.54) is 33.3 Å². The van der Waals surface area contributed by atoms with E-state index in [0.717, 1.165) is 22.7 Å². The van der Waals surface area contributed by atoms with Gasteiger partial charge in [0.25, 0.3) is 0 Å². The summed E-state index contributed by atoms with van der Waals surface area (Å²) in [6.07, 6.45) is 0. The molecule has 0 unspecified atom stereocenters. The van der Waals surface area contributed by atoms with E-state index in [0.29, 0.717) is 0 Å². The molecule has 1 aliphatic rings. The van der Waals surface area contributed by atoms with Crippen molar-refractivity contribution < 1.29 is 0 Å². The summed E-state index contributed by atoms with van der Waals surface area (Å²) in [4.78, 5) is 5.21. The number of imidazole rings is 1. The van der Waals surface area contributed by atoms with E-state index >= 15 is 0 Å². The highest BCUT2D eigenvalue weighted by Gasteiger charge is 2.41. The zero-order valence-corrected chi connectivity index (χ0v) is 18.7. The smallest absolute Gasteiger partial charge is 0.220 e. The van der Waals surface area contributed by atoms with Crippen molar-refractivity contribution in [3.05, 3.63) is 114 Å². The third kappa shape index (κ3) is 2.37. The molecule has 4 aromatic carbocycles. The molecule has 0 atom stereocenters. The fourth-order valence-corrected chi connectivity index (χ4v) is 5.68. The van der Waals surface area contributed by atoms with E-state index in [9.17, 15) is 0 Å². The van der Waals surface area contributed by atoms with Crippen LogP contribution in [0, 0.1) is 0 Å². The minimum Gasteiger partial charge on any atom is -0.282 e. The lowest BCUT2D eigenvalue weighted by molar-refractivity contribution is 0.617. The van der Waals surface area contributed by atoms with Crippen LogP contribution in [0.3, 0.4) is 0 Å². The Bertz CT molecular complexity index is 1680. The van der Waals surface area contributed by atoms with Gasteiger partial charge in [0.15, 0.2) is 0 Å². The van der Waals surface area contributed by atoms with Crippen molar-refractivity contribution in [1.82, 2.24) is 14.1 Å². The van der Waals surface area contributed by atoms with Crippen LogP contribution in [0.5, 0.6) is 0 Å². The lowest BCUT2D eigenvalue weighted by Gasteiger charge is -2.24. The van der Waals surface area contributed by atoms with Gasteiger partial charge < -0.3 is 0 Å². The van der Waals surface area contributed by atoms with Crippen LogP contribution in [0.2, 0.25) is 0 Å². The molecular formula is C30H23N3. The van der Waals surface area contributed by atoms with Gasteiger partial charge >= 0.3 is 0 Å². The highest BCUT2D eigenvalue weighted by molar-refractivity contribution is 6.03. The van der Waals surface area contributed by atoms with Gasteiger partial charge in [-0.25, -0.2) is 4.98 Å². The van der Waals surface area contributed by atoms with Crippen molar-refractivity contribution in [3.63, 3.8) is 0 Å². The van der Waals surface area contributed by atoms with E-state index in [2.05, 4.69) is 126 Å². The normalized spacial score (nSPS) is 14.0. The van der Waals surface area contributed by atoms with Crippen LogP contribution in [0.4, 0.5) is 0 Å². The van der Waals surface area contributed by atoms with E-state index in [4.69, 9.17) is 4.98 Å². The fraction of sp³-hybridized carbons (Fsp3) is 0.100. The molecule has 0 saturated heterocycles. The summed E-state index contributed by atoms with van der Waals surface area (Å²) < 4.78 is 4.69. The summed E-state index contributed by atoms with van der Waals surface area (Å²) in [5.74, 6) is 0.931. The molecule has 6 aromatic rings. The van der Waals surface area contributed by atoms with Crippen molar-refractivity contribution in [2.45, 2.75) is 19.3 Å². The Labute approximate surface area is 192 Å². The largest absolute Gasteiger partial charge is 0.282 e. The number of hydrogen-bond acceptors (Lipinski definition) is 1. The van der Waals surface area contributed by atoms with Crippen molar-refractivity contribution in [3.8, 4) is 22.8 Å². The maximum Gasteiger partial charge on any atom is 0.220 e. The Balaban J connectivity index is 1.68. The summed E-state index contributed by atoms with van der Waals surface area (Å²) in [5, 5.41) is 1.28. The average Bonchev–Trinajstić information content (AvgIpc) is 3.47. The van der Waals surface area contributed by atoms with E-state index < -0.39 is 0 Å². The predicted octanol–water partition coefficient (Wildman–Crippen LogP) is 7.28. The molecule has 0 bridgehead atoms. The molecule has 7 rings (SSSR count). The molecule has 158 valence electrons. The van der Waals surface area contributed by atoms with Gasteiger partial charge in [-0.1, -0.05) is 86.6 Å². The number of hydrogen-bond donors (Lipinski definition) is 0. The standard InChI is InChI=1S/C30H23N3/c1-30(2)23-16-8-6-14-21(23)27-22-15-7-10-18-25(22)33(28(27)30)29-31-24-17-9-11-19-26(24)32(29)20-12-4-3-5-13-20/h3-19H,1-2H3. The molecule has 0 radical (unpaired) electrons. The number of rotatable bonds is 2. The molecular weight excluding hydrogens is 402 g/mol. The van der Waals surface area contributed by atoms with Crippen molar-refractivity contribution in [2.75, 3.05) is 0 Å². The molecule has 3 heteroatoms. The Morgan fingerprint density at radius 2 is 1.30 bits per heavy atom. The second-order valence-corrected chi connectivity index (χ2v) is 9.32. The minimum absolute atomic E-state index is 0.148. The highest BCUT2D eigenvalue weighted by atomic mass is 15.3. The SMILES string of the molecule is CC1(C)c2ccccc2-c2c1n(-c1nc3ccccc3n1-c1ccccc1)c1ccccc21. The van der Waals surface area contributed by atoms with Crippen LogP contribution in [0.15, 0.2) is 103 Å². The first-order valence-corrected chi connectivity index (χ1v) is 11.4. The first kappa shape index (κ1) is 18.5. The fourth-order valence-electron chi connectivity index (χ4n) is 5.68. The quantitative estimate of drug-likeness (QED) is 0.286. The number of fused-ring (bicyclic) bond motifs is 6. The third-order valence-electron chi connectivity index (χ3n) is 7.09. The molecule has 33 heavy (non-hydrogen) atoms. The van der Waals surface area contributed by atoms with Crippen LogP contribution in [0.25, 0.3) is 44.7 Å². The molecule has 3 nitrogen and oxygen atoms in total. The van der Waals surface area contributed by atoms with Crippen LogP contribution < -0.4 is 0 Å². The van der Waals surface area contributed by atoms with E-state index in [1.807, 2.05) is 0 Å². The third-order valence-corrected chi connectivity index (χ3v) is 7.09. The van der Waals surface area contributed by atoms with Crippen LogP contribution >= 0.6 is 0 Å². The highest BCUT2D eigenvalue weighted by Crippen LogP contribution is 2.53. The Hall–Kier alpha value is -4.11. The number of nitrogens with zero attached hydrogens (tertiary/aromatic N) is 3. The number of benzene rings is 4. The topological polar surface area (TPSA) is 22.8 Å². The van der Waals surface area contributed by atoms with Gasteiger partial charge in [0.2, 0.25) is 5.95 Å². The Morgan fingerprint density at radius 1 is 0.636 bits per heavy atom. The molecule has 0 amide bonds. The maximum absolute atomic E-state index is 5.21. The van der Waals surface area contributed by atoms with Crippen molar-refractivity contribution in [2.24, 2.45) is 0 Å². The second kappa shape index (κ2) is 6.46. The lowest BCUT2D eigenvalue weighted by atomic mass is 9.85. The number of aromatic nitrogens is 3. The first-order chi connectivity index (χ1) is 16.2. The monoisotopic (exact) mass is 425 g/mol. The summed E-state index contributed by atoms with van der Waals surface area (Å²) in [5.41, 5.74) is 9.60. The summed E-state index contributed by atoms with van der Waals surface area (Å²) >= 11 is 0. The molecule has 0 saturated carbocycles. The van der Waals surface area contributed by atoms with Gasteiger partial charge in [0.1, 0.15) is 0 Å². The van der Waals surface area contributed by atoms with Crippen LogP contribution in [-0.2, 0) is 5.41 Å². The van der Waals surface area contributed by atoms with Gasteiger partial charge in [-0.15, -0.1) is 0 Å². The molecule has 1 aliphatic carbocycles. The van der Waals surface area contributed by atoms with E-state index in [-0.39, 0.29) is 5.41 Å². The maximum atomic E-state index is 5.21. The summed E-state index contributed by atoms with van der Waals surface area (Å²) in [7, 11) is 0. The minimum atomic E-state index is -0.148. The zero-order chi connectivity index (χ0) is 22.2. The van der Waals surface area contributed by atoms with Gasteiger partial charge in [-0.05, 0) is 41.5 Å². The Kier molecular flexibility index (Phi) is 3.61. The molecule has 0 spiro atoms. The van der Waals surface area contributed by atoms with Crippen LogP contribution in [-0.4, -0.2) is 14.1 Å². The number of para-hydroxylation sites is 4. The van der Waals surface area contributed by atoms with Crippen LogP contribution in [0.1, 0.15) is 25.1 Å². The van der Waals surface area contributed by atoms with Gasteiger partial charge in [0, 0.05) is 27.7 Å². The summed E-state index contributed by atoms with van der Waals surface area (Å²) in [6.45, 7) is 4.67. The molecule has 0 N–H and O–H groups in total. The molecule has 0 fully saturated rings. The Morgan fingerprint density at radius 3 is 2.15 bits per heavy atom. The summed E-state index contributed by atoms with van der Waals surface area (Å²) in [6, 6.07) is 36.5. The molecule has 2 heterocycles. The molecule has 0 aliphatic heterocycles. The zero-order valence-electron chi connectivity index (χ0n) is 18.7. The van der Waals surface area contributed by atoms with Crippen molar-refractivity contribution in [1.29, 1.82) is 0 Å².